The molecule has 7 nitrogen and oxygen atoms in total. The van der Waals surface area contributed by atoms with Gasteiger partial charge in [-0.1, -0.05) is 6.92 Å². The van der Waals surface area contributed by atoms with Gasteiger partial charge in [-0.15, -0.1) is 0 Å². The number of aromatic nitrogens is 3. The van der Waals surface area contributed by atoms with Crippen LogP contribution in [-0.4, -0.2) is 38.9 Å². The molecule has 0 unspecified atom stereocenters. The van der Waals surface area contributed by atoms with Crippen LogP contribution in [0.2, 0.25) is 0 Å². The molecule has 3 N–H and O–H groups in total. The minimum absolute atomic E-state index is 0.140. The summed E-state index contributed by atoms with van der Waals surface area (Å²) >= 11 is 0. The van der Waals surface area contributed by atoms with E-state index in [1.54, 1.807) is 0 Å². The summed E-state index contributed by atoms with van der Waals surface area (Å²) in [5.74, 6) is -0.674. The van der Waals surface area contributed by atoms with Crippen molar-refractivity contribution in [3.8, 4) is 0 Å². The Kier molecular flexibility index (Phi) is 3.82. The van der Waals surface area contributed by atoms with Crippen LogP contribution in [0.4, 0.5) is 0 Å². The molecule has 1 saturated carbocycles. The second kappa shape index (κ2) is 5.38. The summed E-state index contributed by atoms with van der Waals surface area (Å²) in [6, 6.07) is 0. The van der Waals surface area contributed by atoms with Gasteiger partial charge < -0.3 is 10.4 Å². The van der Waals surface area contributed by atoms with Gasteiger partial charge in [-0.3, -0.25) is 9.59 Å². The van der Waals surface area contributed by atoms with E-state index in [0.29, 0.717) is 18.8 Å². The first kappa shape index (κ1) is 13.5. The highest BCUT2D eigenvalue weighted by molar-refractivity contribution is 5.92. The molecule has 1 aliphatic carbocycles. The third-order valence-corrected chi connectivity index (χ3v) is 3.92. The molecule has 0 saturated heterocycles. The lowest BCUT2D eigenvalue weighted by Gasteiger charge is -2.35. The van der Waals surface area contributed by atoms with Crippen LogP contribution < -0.4 is 5.32 Å². The van der Waals surface area contributed by atoms with E-state index in [9.17, 15) is 14.7 Å². The van der Waals surface area contributed by atoms with Crippen LogP contribution in [-0.2, 0) is 4.79 Å². The van der Waals surface area contributed by atoms with Crippen molar-refractivity contribution in [2.75, 3.05) is 6.54 Å². The number of carboxylic acid groups (broad SMARTS) is 1. The Morgan fingerprint density at radius 2 is 2.21 bits per heavy atom. The summed E-state index contributed by atoms with van der Waals surface area (Å²) in [6.45, 7) is 2.26. The minimum atomic E-state index is -0.841. The van der Waals surface area contributed by atoms with E-state index < -0.39 is 17.3 Å². The normalized spacial score (nSPS) is 26.9. The molecular formula is C12H18N4O3. The molecule has 1 fully saturated rings. The van der Waals surface area contributed by atoms with Crippen molar-refractivity contribution in [2.45, 2.75) is 32.6 Å². The number of aliphatic carboxylic acids is 1. The molecule has 1 heterocycles. The smallest absolute Gasteiger partial charge is 0.311 e. The van der Waals surface area contributed by atoms with Crippen LogP contribution in [0.15, 0.2) is 6.20 Å². The SMILES string of the molecule is CC1CCC(CNC(=O)c2cn[nH]n2)(C(=O)O)CC1. The zero-order valence-corrected chi connectivity index (χ0v) is 10.8. The Balaban J connectivity index is 1.98. The lowest BCUT2D eigenvalue weighted by atomic mass is 9.71. The van der Waals surface area contributed by atoms with Gasteiger partial charge in [-0.05, 0) is 31.6 Å². The van der Waals surface area contributed by atoms with Gasteiger partial charge in [-0.25, -0.2) is 0 Å². The number of carbonyl (C=O) groups excluding carboxylic acids is 1. The van der Waals surface area contributed by atoms with Gasteiger partial charge in [0.05, 0.1) is 11.6 Å². The van der Waals surface area contributed by atoms with Crippen molar-refractivity contribution in [1.29, 1.82) is 0 Å². The van der Waals surface area contributed by atoms with Crippen molar-refractivity contribution in [2.24, 2.45) is 11.3 Å². The Labute approximate surface area is 110 Å². The Bertz CT molecular complexity index is 450. The highest BCUT2D eigenvalue weighted by Crippen LogP contribution is 2.38. The molecule has 19 heavy (non-hydrogen) atoms. The number of rotatable bonds is 4. The number of amides is 1. The molecule has 0 spiro atoms. The molecule has 104 valence electrons. The van der Waals surface area contributed by atoms with E-state index in [4.69, 9.17) is 0 Å². The van der Waals surface area contributed by atoms with E-state index in [1.807, 2.05) is 0 Å². The lowest BCUT2D eigenvalue weighted by Crippen LogP contribution is -2.45. The molecule has 0 radical (unpaired) electrons. The number of nitrogens with zero attached hydrogens (tertiary/aromatic N) is 2. The number of nitrogens with one attached hydrogen (secondary N) is 2. The van der Waals surface area contributed by atoms with Crippen molar-refractivity contribution >= 4 is 11.9 Å². The molecule has 0 bridgehead atoms. The maximum absolute atomic E-state index is 11.8. The van der Waals surface area contributed by atoms with E-state index >= 15 is 0 Å². The molecule has 0 atom stereocenters. The monoisotopic (exact) mass is 266 g/mol. The molecule has 7 heteroatoms. The summed E-state index contributed by atoms with van der Waals surface area (Å²) in [6.07, 6.45) is 4.27. The van der Waals surface area contributed by atoms with Crippen molar-refractivity contribution in [3.63, 3.8) is 0 Å². The molecule has 1 aromatic heterocycles. The zero-order chi connectivity index (χ0) is 13.9. The first-order valence-corrected chi connectivity index (χ1v) is 6.41. The van der Waals surface area contributed by atoms with Crippen LogP contribution in [0.3, 0.4) is 0 Å². The quantitative estimate of drug-likeness (QED) is 0.747. The third-order valence-electron chi connectivity index (χ3n) is 3.92. The molecule has 1 aliphatic rings. The van der Waals surface area contributed by atoms with Crippen LogP contribution in [0, 0.1) is 11.3 Å². The average Bonchev–Trinajstić information content (AvgIpc) is 2.92. The van der Waals surface area contributed by atoms with E-state index in [0.717, 1.165) is 12.8 Å². The highest BCUT2D eigenvalue weighted by Gasteiger charge is 2.41. The highest BCUT2D eigenvalue weighted by atomic mass is 16.4. The molecular weight excluding hydrogens is 248 g/mol. The van der Waals surface area contributed by atoms with Gasteiger partial charge in [0.2, 0.25) is 0 Å². The molecule has 1 amide bonds. The third kappa shape index (κ3) is 2.91. The number of hydrogen-bond acceptors (Lipinski definition) is 4. The predicted molar refractivity (Wildman–Crippen MR) is 66.4 cm³/mol. The maximum atomic E-state index is 11.8. The second-order valence-corrected chi connectivity index (χ2v) is 5.31. The van der Waals surface area contributed by atoms with Crippen molar-refractivity contribution < 1.29 is 14.7 Å². The Hall–Kier alpha value is -1.92. The molecule has 0 aromatic carbocycles. The van der Waals surface area contributed by atoms with Crippen LogP contribution >= 0.6 is 0 Å². The molecule has 1 aromatic rings. The van der Waals surface area contributed by atoms with Crippen LogP contribution in [0.5, 0.6) is 0 Å². The fourth-order valence-electron chi connectivity index (χ4n) is 2.43. The standard InChI is InChI=1S/C12H18N4O3/c1-8-2-4-12(5-3-8,11(18)19)7-13-10(17)9-6-14-16-15-9/h6,8H,2-5,7H2,1H3,(H,13,17)(H,18,19)(H,14,15,16). The summed E-state index contributed by atoms with van der Waals surface area (Å²) < 4.78 is 0. The van der Waals surface area contributed by atoms with E-state index in [2.05, 4.69) is 27.7 Å². The zero-order valence-electron chi connectivity index (χ0n) is 10.8. The van der Waals surface area contributed by atoms with Crippen LogP contribution in [0.25, 0.3) is 0 Å². The van der Waals surface area contributed by atoms with E-state index in [1.165, 1.54) is 6.20 Å². The topological polar surface area (TPSA) is 108 Å². The number of hydrogen-bond donors (Lipinski definition) is 3. The number of carboxylic acids is 1. The fraction of sp³-hybridized carbons (Fsp3) is 0.667. The predicted octanol–water partition coefficient (Wildman–Crippen LogP) is 0.816. The Morgan fingerprint density at radius 3 is 2.74 bits per heavy atom. The minimum Gasteiger partial charge on any atom is -0.481 e. The first-order chi connectivity index (χ1) is 9.03. The van der Waals surface area contributed by atoms with E-state index in [-0.39, 0.29) is 12.2 Å². The van der Waals surface area contributed by atoms with Crippen molar-refractivity contribution in [3.05, 3.63) is 11.9 Å². The lowest BCUT2D eigenvalue weighted by molar-refractivity contribution is -0.151. The largest absolute Gasteiger partial charge is 0.481 e. The summed E-state index contributed by atoms with van der Waals surface area (Å²) in [5.41, 5.74) is -0.670. The first-order valence-electron chi connectivity index (χ1n) is 6.41. The van der Waals surface area contributed by atoms with Gasteiger partial charge in [0, 0.05) is 6.54 Å². The average molecular weight is 266 g/mol. The number of aromatic amines is 1. The van der Waals surface area contributed by atoms with Gasteiger partial charge in [-0.2, -0.15) is 15.4 Å². The maximum Gasteiger partial charge on any atom is 0.311 e. The fourth-order valence-corrected chi connectivity index (χ4v) is 2.43. The van der Waals surface area contributed by atoms with Crippen LogP contribution in [0.1, 0.15) is 43.1 Å². The second-order valence-electron chi connectivity index (χ2n) is 5.31. The molecule has 2 rings (SSSR count). The summed E-state index contributed by atoms with van der Waals surface area (Å²) in [4.78, 5) is 23.2. The Morgan fingerprint density at radius 1 is 1.53 bits per heavy atom. The van der Waals surface area contributed by atoms with Gasteiger partial charge >= 0.3 is 5.97 Å². The number of H-pyrrole nitrogens is 1. The summed E-state index contributed by atoms with van der Waals surface area (Å²) in [7, 11) is 0. The van der Waals surface area contributed by atoms with Gasteiger partial charge in [0.15, 0.2) is 5.69 Å². The molecule has 0 aliphatic heterocycles. The summed E-state index contributed by atoms with van der Waals surface area (Å²) in [5, 5.41) is 21.6. The number of carbonyl (C=O) groups is 2. The van der Waals surface area contributed by atoms with Gasteiger partial charge in [0.1, 0.15) is 0 Å². The van der Waals surface area contributed by atoms with Crippen molar-refractivity contribution in [1.82, 2.24) is 20.7 Å². The van der Waals surface area contributed by atoms with Gasteiger partial charge in [0.25, 0.3) is 5.91 Å².